The maximum Gasteiger partial charge on any atom is 0.409 e. The van der Waals surface area contributed by atoms with Crippen molar-refractivity contribution < 1.29 is 33.6 Å². The highest BCUT2D eigenvalue weighted by molar-refractivity contribution is 5.81. The van der Waals surface area contributed by atoms with Crippen LogP contribution in [0.25, 0.3) is 0 Å². The lowest BCUT2D eigenvalue weighted by molar-refractivity contribution is -0.141. The Morgan fingerprint density at radius 2 is 2.00 bits per heavy atom. The van der Waals surface area contributed by atoms with Crippen LogP contribution in [0.5, 0.6) is 17.2 Å². The molecule has 1 amide bonds. The maximum atomic E-state index is 12.9. The summed E-state index contributed by atoms with van der Waals surface area (Å²) < 4.78 is 22.2. The van der Waals surface area contributed by atoms with Crippen LogP contribution in [0.2, 0.25) is 0 Å². The topological polar surface area (TPSA) is 133 Å². The predicted molar refractivity (Wildman–Crippen MR) is 122 cm³/mol. The first kappa shape index (κ1) is 22.0. The predicted octanol–water partition coefficient (Wildman–Crippen LogP) is 2.58. The number of nitrogens with one attached hydrogen (secondary N) is 1. The minimum absolute atomic E-state index is 0.0642. The summed E-state index contributed by atoms with van der Waals surface area (Å²) in [6.45, 7) is 0.340. The molecule has 1 saturated heterocycles. The first-order valence-corrected chi connectivity index (χ1v) is 11.0. The first-order valence-electron chi connectivity index (χ1n) is 11.0. The van der Waals surface area contributed by atoms with Crippen LogP contribution < -0.4 is 20.5 Å². The number of rotatable bonds is 4. The van der Waals surface area contributed by atoms with E-state index < -0.39 is 29.2 Å². The van der Waals surface area contributed by atoms with Crippen LogP contribution in [0.1, 0.15) is 30.4 Å². The second-order valence-corrected chi connectivity index (χ2v) is 8.68. The molecule has 5 rings (SSSR count). The number of benzene rings is 2. The van der Waals surface area contributed by atoms with Crippen LogP contribution in [0.3, 0.4) is 0 Å². The molecule has 2 aromatic rings. The van der Waals surface area contributed by atoms with Gasteiger partial charge < -0.3 is 35.1 Å². The number of nitrogens with zero attached hydrogens (tertiary/aromatic N) is 1. The number of methoxy groups -OCH3 is 3. The van der Waals surface area contributed by atoms with Crippen LogP contribution in [0.15, 0.2) is 30.3 Å². The van der Waals surface area contributed by atoms with Crippen molar-refractivity contribution in [1.29, 1.82) is 0 Å². The van der Waals surface area contributed by atoms with Crippen molar-refractivity contribution in [2.24, 2.45) is 0 Å². The number of likely N-dealkylation sites (tertiary alicyclic amines) is 1. The third kappa shape index (κ3) is 2.62. The number of piperidine rings is 1. The Hall–Kier alpha value is -3.82. The van der Waals surface area contributed by atoms with E-state index in [0.29, 0.717) is 24.3 Å². The molecule has 0 spiro atoms. The second kappa shape index (κ2) is 7.61. The molecule has 3 aliphatic heterocycles. The van der Waals surface area contributed by atoms with Crippen molar-refractivity contribution in [2.75, 3.05) is 38.9 Å². The fourth-order valence-electron chi connectivity index (χ4n) is 5.96. The molecule has 4 N–H and O–H groups in total. The van der Waals surface area contributed by atoms with Gasteiger partial charge in [0, 0.05) is 24.2 Å². The highest BCUT2D eigenvalue weighted by Gasteiger charge is 2.73. The molecule has 0 radical (unpaired) electrons. The molecular formula is C24H27N3O7. The Kier molecular flexibility index (Phi) is 4.92. The van der Waals surface area contributed by atoms with Crippen LogP contribution in [-0.2, 0) is 19.7 Å². The zero-order chi connectivity index (χ0) is 24.3. The summed E-state index contributed by atoms with van der Waals surface area (Å²) in [4.78, 5) is 26.6. The van der Waals surface area contributed by atoms with Gasteiger partial charge in [-0.1, -0.05) is 18.2 Å². The van der Waals surface area contributed by atoms with Crippen molar-refractivity contribution in [3.63, 3.8) is 0 Å². The van der Waals surface area contributed by atoms with Crippen molar-refractivity contribution in [1.82, 2.24) is 4.90 Å². The smallest absolute Gasteiger partial charge is 0.409 e. The highest BCUT2D eigenvalue weighted by Crippen LogP contribution is 2.67. The standard InChI is InChI=1S/C24H27N3O7/c1-31-18(29)9-8-17-24-23(10-11-27(17)22(30)33-3,13-6-4-5-7-15(13)26-24)14-12-16(28)19(25)21(32-2)20(14)34-24/h4-7,12,17,26,28H,8-11,25H2,1-3H3/t17-,23+,24-/m0/s1. The number of carbonyl (C=O) groups is 2. The van der Waals surface area contributed by atoms with E-state index in [4.69, 9.17) is 24.7 Å². The number of aromatic hydroxyl groups is 1. The molecule has 0 saturated carbocycles. The zero-order valence-electron chi connectivity index (χ0n) is 19.2. The number of carbonyl (C=O) groups excluding carboxylic acids is 2. The molecule has 180 valence electrons. The van der Waals surface area contributed by atoms with Gasteiger partial charge in [0.2, 0.25) is 5.72 Å². The van der Waals surface area contributed by atoms with E-state index in [0.717, 1.165) is 11.3 Å². The number of nitrogen functional groups attached to an aromatic ring is 1. The minimum Gasteiger partial charge on any atom is -0.506 e. The van der Waals surface area contributed by atoms with Crippen LogP contribution in [-0.4, -0.2) is 61.7 Å². The van der Waals surface area contributed by atoms with Gasteiger partial charge in [-0.15, -0.1) is 0 Å². The quantitative estimate of drug-likeness (QED) is 0.351. The lowest BCUT2D eigenvalue weighted by atomic mass is 9.63. The Morgan fingerprint density at radius 1 is 1.24 bits per heavy atom. The van der Waals surface area contributed by atoms with Crippen molar-refractivity contribution in [2.45, 2.75) is 36.4 Å². The molecule has 1 fully saturated rings. The average molecular weight is 469 g/mol. The minimum atomic E-state index is -1.20. The number of anilines is 2. The van der Waals surface area contributed by atoms with Crippen molar-refractivity contribution in [3.8, 4) is 17.2 Å². The van der Waals surface area contributed by atoms with Gasteiger partial charge in [0.05, 0.1) is 32.8 Å². The van der Waals surface area contributed by atoms with Gasteiger partial charge in [-0.05, 0) is 30.5 Å². The molecule has 0 aliphatic carbocycles. The molecule has 10 nitrogen and oxygen atoms in total. The first-order chi connectivity index (χ1) is 16.3. The lowest BCUT2D eigenvalue weighted by Gasteiger charge is -2.52. The molecule has 2 aromatic carbocycles. The Balaban J connectivity index is 1.77. The summed E-state index contributed by atoms with van der Waals surface area (Å²) in [6.07, 6.45) is 0.265. The number of amides is 1. The van der Waals surface area contributed by atoms with E-state index >= 15 is 0 Å². The second-order valence-electron chi connectivity index (χ2n) is 8.68. The fraction of sp³-hybridized carbons (Fsp3) is 0.417. The Morgan fingerprint density at radius 3 is 2.71 bits per heavy atom. The van der Waals surface area contributed by atoms with Gasteiger partial charge in [-0.25, -0.2) is 4.79 Å². The number of hydrogen-bond donors (Lipinski definition) is 3. The Bertz CT molecular complexity index is 1190. The number of fused-ring (bicyclic) bond motifs is 2. The van der Waals surface area contributed by atoms with Gasteiger partial charge in [0.1, 0.15) is 11.4 Å². The van der Waals surface area contributed by atoms with E-state index in [1.165, 1.54) is 21.3 Å². The average Bonchev–Trinajstić information content (AvgIpc) is 3.30. The fourth-order valence-corrected chi connectivity index (χ4v) is 5.96. The largest absolute Gasteiger partial charge is 0.506 e. The molecule has 3 atom stereocenters. The molecular weight excluding hydrogens is 442 g/mol. The number of ether oxygens (including phenoxy) is 4. The van der Waals surface area contributed by atoms with Gasteiger partial charge in [0.15, 0.2) is 11.5 Å². The van der Waals surface area contributed by atoms with E-state index in [1.807, 2.05) is 24.3 Å². The number of phenolic OH excluding ortho intramolecular Hbond substituents is 1. The van der Waals surface area contributed by atoms with Gasteiger partial charge in [0.25, 0.3) is 0 Å². The molecule has 0 bridgehead atoms. The summed E-state index contributed by atoms with van der Waals surface area (Å²) in [6, 6.07) is 8.79. The zero-order valence-corrected chi connectivity index (χ0v) is 19.2. The molecule has 3 heterocycles. The third-order valence-corrected chi connectivity index (χ3v) is 7.35. The normalized spacial score (nSPS) is 25.7. The van der Waals surface area contributed by atoms with Gasteiger partial charge >= 0.3 is 12.1 Å². The van der Waals surface area contributed by atoms with Crippen LogP contribution >= 0.6 is 0 Å². The highest BCUT2D eigenvalue weighted by atomic mass is 16.6. The SMILES string of the molecule is COC(=O)CC[C@@H]1N(C(=O)OC)CC[C@]23c4ccccc4N[C@]12Oc1c3cc(O)c(N)c1OC. The summed E-state index contributed by atoms with van der Waals surface area (Å²) in [5, 5.41) is 14.2. The van der Waals surface area contributed by atoms with Crippen molar-refractivity contribution in [3.05, 3.63) is 41.5 Å². The van der Waals surface area contributed by atoms with Crippen LogP contribution in [0.4, 0.5) is 16.2 Å². The molecule has 10 heteroatoms. The number of hydrogen-bond acceptors (Lipinski definition) is 9. The van der Waals surface area contributed by atoms with Gasteiger partial charge in [-0.3, -0.25) is 9.69 Å². The monoisotopic (exact) mass is 469 g/mol. The number of esters is 1. The lowest BCUT2D eigenvalue weighted by Crippen LogP contribution is -2.71. The van der Waals surface area contributed by atoms with E-state index in [1.54, 1.807) is 11.0 Å². The number of para-hydroxylation sites is 1. The third-order valence-electron chi connectivity index (χ3n) is 7.35. The Labute approximate surface area is 196 Å². The van der Waals surface area contributed by atoms with E-state index in [-0.39, 0.29) is 30.0 Å². The summed E-state index contributed by atoms with van der Waals surface area (Å²) >= 11 is 0. The molecule has 0 unspecified atom stereocenters. The summed E-state index contributed by atoms with van der Waals surface area (Å²) in [5.41, 5.74) is 6.72. The van der Waals surface area contributed by atoms with Gasteiger partial charge in [-0.2, -0.15) is 0 Å². The van der Waals surface area contributed by atoms with Crippen molar-refractivity contribution >= 4 is 23.4 Å². The molecule has 3 aliphatic rings. The maximum absolute atomic E-state index is 12.9. The molecule has 34 heavy (non-hydrogen) atoms. The van der Waals surface area contributed by atoms with E-state index in [9.17, 15) is 14.7 Å². The molecule has 0 aromatic heterocycles. The summed E-state index contributed by atoms with van der Waals surface area (Å²) in [5.74, 6) is 0.105. The van der Waals surface area contributed by atoms with Crippen LogP contribution in [0, 0.1) is 0 Å². The number of phenols is 1. The summed E-state index contributed by atoms with van der Waals surface area (Å²) in [7, 11) is 4.10. The number of nitrogens with two attached hydrogens (primary N) is 1. The van der Waals surface area contributed by atoms with E-state index in [2.05, 4.69) is 5.32 Å².